The summed E-state index contributed by atoms with van der Waals surface area (Å²) < 4.78 is 10.6. The standard InChI is InChI=1S/C20H25N3O3/c1-25-12-11-23-13-18(17-7-9-21-10-8-17)19(14-23)22-20(24)26-15-16-5-3-2-4-6-16/h2-10,18-19H,11-15H2,1H3,(H,22,24)/t18-,19+/m1/s1. The molecule has 0 aliphatic carbocycles. The van der Waals surface area contributed by atoms with Crippen molar-refractivity contribution in [2.75, 3.05) is 33.4 Å². The molecule has 6 nitrogen and oxygen atoms in total. The van der Waals surface area contributed by atoms with E-state index in [4.69, 9.17) is 9.47 Å². The fraction of sp³-hybridized carbons (Fsp3) is 0.400. The topological polar surface area (TPSA) is 63.7 Å². The molecule has 1 aromatic heterocycles. The molecule has 2 aromatic rings. The number of hydrogen-bond donors (Lipinski definition) is 1. The average Bonchev–Trinajstić information content (AvgIpc) is 3.09. The Kier molecular flexibility index (Phi) is 6.57. The number of alkyl carbamates (subject to hydrolysis) is 1. The van der Waals surface area contributed by atoms with E-state index in [0.717, 1.165) is 25.2 Å². The fourth-order valence-electron chi connectivity index (χ4n) is 3.30. The zero-order valence-electron chi connectivity index (χ0n) is 15.0. The summed E-state index contributed by atoms with van der Waals surface area (Å²) in [6, 6.07) is 13.7. The van der Waals surface area contributed by atoms with Gasteiger partial charge in [-0.15, -0.1) is 0 Å². The maximum Gasteiger partial charge on any atom is 0.407 e. The van der Waals surface area contributed by atoms with Gasteiger partial charge in [0, 0.05) is 45.1 Å². The molecule has 0 spiro atoms. The van der Waals surface area contributed by atoms with Crippen molar-refractivity contribution >= 4 is 6.09 Å². The number of benzene rings is 1. The third kappa shape index (κ3) is 5.03. The van der Waals surface area contributed by atoms with E-state index < -0.39 is 0 Å². The third-order valence-electron chi connectivity index (χ3n) is 4.66. The van der Waals surface area contributed by atoms with Crippen LogP contribution in [0.5, 0.6) is 0 Å². The van der Waals surface area contributed by atoms with E-state index in [9.17, 15) is 4.79 Å². The van der Waals surface area contributed by atoms with Gasteiger partial charge in [-0.2, -0.15) is 0 Å². The summed E-state index contributed by atoms with van der Waals surface area (Å²) in [5.74, 6) is 0.208. The van der Waals surface area contributed by atoms with Crippen molar-refractivity contribution in [3.05, 3.63) is 66.0 Å². The van der Waals surface area contributed by atoms with Crippen molar-refractivity contribution in [1.29, 1.82) is 0 Å². The van der Waals surface area contributed by atoms with Gasteiger partial charge in [-0.05, 0) is 23.3 Å². The van der Waals surface area contributed by atoms with Crippen molar-refractivity contribution in [1.82, 2.24) is 15.2 Å². The second kappa shape index (κ2) is 9.31. The summed E-state index contributed by atoms with van der Waals surface area (Å²) in [6.07, 6.45) is 3.20. The van der Waals surface area contributed by atoms with Crippen LogP contribution in [0.4, 0.5) is 4.79 Å². The lowest BCUT2D eigenvalue weighted by Crippen LogP contribution is -2.40. The van der Waals surface area contributed by atoms with Crippen LogP contribution in [0.15, 0.2) is 54.9 Å². The lowest BCUT2D eigenvalue weighted by atomic mass is 9.95. The average molecular weight is 355 g/mol. The lowest BCUT2D eigenvalue weighted by molar-refractivity contribution is 0.134. The van der Waals surface area contributed by atoms with Crippen LogP contribution in [-0.2, 0) is 16.1 Å². The summed E-state index contributed by atoms with van der Waals surface area (Å²) in [4.78, 5) is 18.7. The van der Waals surface area contributed by atoms with E-state index in [1.165, 1.54) is 5.56 Å². The number of aromatic nitrogens is 1. The van der Waals surface area contributed by atoms with Crippen molar-refractivity contribution in [3.8, 4) is 0 Å². The number of pyridine rings is 1. The van der Waals surface area contributed by atoms with E-state index in [-0.39, 0.29) is 24.7 Å². The molecule has 0 radical (unpaired) electrons. The highest BCUT2D eigenvalue weighted by Crippen LogP contribution is 2.27. The second-order valence-electron chi connectivity index (χ2n) is 6.45. The molecule has 1 aliphatic rings. The van der Waals surface area contributed by atoms with E-state index >= 15 is 0 Å². The lowest BCUT2D eigenvalue weighted by Gasteiger charge is -2.20. The van der Waals surface area contributed by atoms with Crippen molar-refractivity contribution in [3.63, 3.8) is 0 Å². The molecule has 1 fully saturated rings. The maximum absolute atomic E-state index is 12.3. The first-order valence-electron chi connectivity index (χ1n) is 8.84. The zero-order chi connectivity index (χ0) is 18.2. The van der Waals surface area contributed by atoms with Gasteiger partial charge in [0.2, 0.25) is 0 Å². The predicted molar refractivity (Wildman–Crippen MR) is 98.8 cm³/mol. The molecule has 6 heteroatoms. The molecule has 1 saturated heterocycles. The minimum absolute atomic E-state index is 0.00229. The largest absolute Gasteiger partial charge is 0.445 e. The van der Waals surface area contributed by atoms with E-state index in [2.05, 4.69) is 15.2 Å². The number of methoxy groups -OCH3 is 1. The number of carbonyl (C=O) groups excluding carboxylic acids is 1. The Morgan fingerprint density at radius 2 is 1.96 bits per heavy atom. The summed E-state index contributed by atoms with van der Waals surface area (Å²) in [7, 11) is 1.70. The fourth-order valence-corrected chi connectivity index (χ4v) is 3.30. The van der Waals surface area contributed by atoms with Gasteiger partial charge < -0.3 is 14.8 Å². The van der Waals surface area contributed by atoms with Gasteiger partial charge >= 0.3 is 6.09 Å². The van der Waals surface area contributed by atoms with Crippen molar-refractivity contribution < 1.29 is 14.3 Å². The normalized spacial score (nSPS) is 20.0. The van der Waals surface area contributed by atoms with Crippen molar-refractivity contribution in [2.24, 2.45) is 0 Å². The van der Waals surface area contributed by atoms with Crippen molar-refractivity contribution in [2.45, 2.75) is 18.6 Å². The Morgan fingerprint density at radius 3 is 2.69 bits per heavy atom. The van der Waals surface area contributed by atoms with Gasteiger partial charge in [0.15, 0.2) is 0 Å². The van der Waals surface area contributed by atoms with E-state index in [1.807, 2.05) is 42.5 Å². The highest BCUT2D eigenvalue weighted by Gasteiger charge is 2.34. The monoisotopic (exact) mass is 355 g/mol. The van der Waals surface area contributed by atoms with Gasteiger partial charge in [0.1, 0.15) is 6.61 Å². The quantitative estimate of drug-likeness (QED) is 0.826. The molecule has 0 unspecified atom stereocenters. The maximum atomic E-state index is 12.3. The molecular weight excluding hydrogens is 330 g/mol. The molecule has 1 aliphatic heterocycles. The Hall–Kier alpha value is -2.44. The number of hydrogen-bond acceptors (Lipinski definition) is 5. The van der Waals surface area contributed by atoms with Crippen LogP contribution < -0.4 is 5.32 Å². The van der Waals surface area contributed by atoms with Crippen LogP contribution in [0.25, 0.3) is 0 Å². The zero-order valence-corrected chi connectivity index (χ0v) is 15.0. The summed E-state index contributed by atoms with van der Waals surface area (Å²) in [5, 5.41) is 3.04. The number of rotatable bonds is 7. The van der Waals surface area contributed by atoms with Gasteiger partial charge in [-0.25, -0.2) is 4.79 Å². The smallest absolute Gasteiger partial charge is 0.407 e. The Bertz CT molecular complexity index is 681. The van der Waals surface area contributed by atoms with Crippen LogP contribution in [0.2, 0.25) is 0 Å². The first-order valence-corrected chi connectivity index (χ1v) is 8.84. The molecule has 2 heterocycles. The molecule has 0 saturated carbocycles. The molecule has 26 heavy (non-hydrogen) atoms. The third-order valence-corrected chi connectivity index (χ3v) is 4.66. The van der Waals surface area contributed by atoms with Gasteiger partial charge in [0.25, 0.3) is 0 Å². The van der Waals surface area contributed by atoms with Gasteiger partial charge in [-0.1, -0.05) is 30.3 Å². The molecule has 1 N–H and O–H groups in total. The minimum Gasteiger partial charge on any atom is -0.445 e. The molecular formula is C20H25N3O3. The number of likely N-dealkylation sites (tertiary alicyclic amines) is 1. The summed E-state index contributed by atoms with van der Waals surface area (Å²) in [5.41, 5.74) is 2.15. The Balaban J connectivity index is 1.60. The Morgan fingerprint density at radius 1 is 1.19 bits per heavy atom. The van der Waals surface area contributed by atoms with Crippen LogP contribution in [0.1, 0.15) is 17.0 Å². The van der Waals surface area contributed by atoms with Gasteiger partial charge in [-0.3, -0.25) is 9.88 Å². The first-order chi connectivity index (χ1) is 12.8. The van der Waals surface area contributed by atoms with Crippen LogP contribution >= 0.6 is 0 Å². The highest BCUT2D eigenvalue weighted by atomic mass is 16.5. The predicted octanol–water partition coefficient (Wildman–Crippen LogP) is 2.42. The Labute approximate surface area is 154 Å². The molecule has 2 atom stereocenters. The molecule has 138 valence electrons. The summed E-state index contributed by atoms with van der Waals surface area (Å²) in [6.45, 7) is 3.43. The number of nitrogens with one attached hydrogen (secondary N) is 1. The SMILES string of the molecule is COCCN1C[C@H](NC(=O)OCc2ccccc2)[C@@H](c2ccncc2)C1. The van der Waals surface area contributed by atoms with Crippen LogP contribution in [-0.4, -0.2) is 55.4 Å². The number of carbonyl (C=O) groups is 1. The van der Waals surface area contributed by atoms with Crippen LogP contribution in [0.3, 0.4) is 0 Å². The van der Waals surface area contributed by atoms with E-state index in [1.54, 1.807) is 19.5 Å². The molecule has 3 rings (SSSR count). The summed E-state index contributed by atoms with van der Waals surface area (Å²) >= 11 is 0. The second-order valence-corrected chi connectivity index (χ2v) is 6.45. The number of amides is 1. The minimum atomic E-state index is -0.383. The molecule has 1 aromatic carbocycles. The van der Waals surface area contributed by atoms with Crippen LogP contribution in [0, 0.1) is 0 Å². The molecule has 0 bridgehead atoms. The number of nitrogens with zero attached hydrogens (tertiary/aromatic N) is 2. The highest BCUT2D eigenvalue weighted by molar-refractivity contribution is 5.68. The number of ether oxygens (including phenoxy) is 2. The first kappa shape index (κ1) is 18.4. The molecule has 1 amide bonds. The van der Waals surface area contributed by atoms with Gasteiger partial charge in [0.05, 0.1) is 12.6 Å². The van der Waals surface area contributed by atoms with E-state index in [0.29, 0.717) is 6.61 Å².